The van der Waals surface area contributed by atoms with Crippen molar-refractivity contribution in [2.24, 2.45) is 0 Å². The lowest BCUT2D eigenvalue weighted by Gasteiger charge is -2.15. The highest BCUT2D eigenvalue weighted by atomic mass is 19.4. The number of alkyl halides is 3. The van der Waals surface area contributed by atoms with Crippen molar-refractivity contribution in [3.05, 3.63) is 41.4 Å². The number of amides is 1. The third-order valence-electron chi connectivity index (χ3n) is 4.81. The van der Waals surface area contributed by atoms with E-state index in [1.807, 2.05) is 0 Å². The van der Waals surface area contributed by atoms with Crippen molar-refractivity contribution in [3.8, 4) is 17.2 Å². The molecule has 1 aromatic carbocycles. The summed E-state index contributed by atoms with van der Waals surface area (Å²) in [5, 5.41) is 2.71. The van der Waals surface area contributed by atoms with Gasteiger partial charge in [0.15, 0.2) is 11.5 Å². The lowest BCUT2D eigenvalue weighted by atomic mass is 10.1. The zero-order valence-corrected chi connectivity index (χ0v) is 19.2. The molecule has 3 rings (SSSR count). The Morgan fingerprint density at radius 2 is 1.86 bits per heavy atom. The van der Waals surface area contributed by atoms with E-state index >= 15 is 0 Å². The number of nitrogens with one attached hydrogen (secondary N) is 1. The summed E-state index contributed by atoms with van der Waals surface area (Å²) >= 11 is 0. The van der Waals surface area contributed by atoms with Gasteiger partial charge in [0, 0.05) is 18.1 Å². The second kappa shape index (κ2) is 10.6. The molecule has 35 heavy (non-hydrogen) atoms. The Kier molecular flexibility index (Phi) is 7.79. The molecule has 1 atom stereocenters. The Labute approximate surface area is 197 Å². The number of fused-ring (bicyclic) bond motifs is 1. The van der Waals surface area contributed by atoms with Crippen LogP contribution in [0.3, 0.4) is 0 Å². The van der Waals surface area contributed by atoms with E-state index in [1.165, 1.54) is 32.4 Å². The maximum atomic E-state index is 13.2. The molecule has 0 saturated heterocycles. The molecule has 2 heterocycles. The first-order valence-electron chi connectivity index (χ1n) is 10.2. The van der Waals surface area contributed by atoms with Crippen LogP contribution in [-0.2, 0) is 20.4 Å². The van der Waals surface area contributed by atoms with Gasteiger partial charge >= 0.3 is 18.2 Å². The van der Waals surface area contributed by atoms with Gasteiger partial charge in [-0.05, 0) is 31.2 Å². The number of methoxy groups -OCH3 is 3. The van der Waals surface area contributed by atoms with Gasteiger partial charge in [0.1, 0.15) is 23.0 Å². The lowest BCUT2D eigenvalue weighted by Crippen LogP contribution is -2.32. The van der Waals surface area contributed by atoms with E-state index in [0.29, 0.717) is 0 Å². The van der Waals surface area contributed by atoms with Crippen LogP contribution in [0.25, 0.3) is 22.4 Å². The second-order valence-electron chi connectivity index (χ2n) is 7.00. The van der Waals surface area contributed by atoms with E-state index in [1.54, 1.807) is 6.92 Å². The molecule has 2 aromatic heterocycles. The van der Waals surface area contributed by atoms with E-state index in [0.717, 1.165) is 13.2 Å². The Morgan fingerprint density at radius 1 is 1.11 bits per heavy atom. The van der Waals surface area contributed by atoms with Gasteiger partial charge < -0.3 is 28.7 Å². The lowest BCUT2D eigenvalue weighted by molar-refractivity contribution is -0.140. The van der Waals surface area contributed by atoms with Crippen LogP contribution in [0, 0.1) is 0 Å². The number of oxazole rings is 1. The molecule has 0 aliphatic heterocycles. The van der Waals surface area contributed by atoms with Crippen LogP contribution in [0.4, 0.5) is 18.0 Å². The number of halogens is 3. The summed E-state index contributed by atoms with van der Waals surface area (Å²) in [6, 6.07) is 3.93. The molecule has 0 aliphatic rings. The van der Waals surface area contributed by atoms with Gasteiger partial charge in [-0.25, -0.2) is 19.6 Å². The molecule has 3 aromatic rings. The topological polar surface area (TPSA) is 122 Å². The summed E-state index contributed by atoms with van der Waals surface area (Å²) in [5.74, 6) is -0.947. The molecule has 10 nitrogen and oxygen atoms in total. The number of aromatic nitrogens is 2. The quantitative estimate of drug-likeness (QED) is 0.458. The number of hydrogen-bond acceptors (Lipinski definition) is 9. The molecule has 0 spiro atoms. The molecule has 0 saturated carbocycles. The Hall–Kier alpha value is -3.87. The van der Waals surface area contributed by atoms with Gasteiger partial charge in [0.2, 0.25) is 5.89 Å². The minimum atomic E-state index is -4.67. The van der Waals surface area contributed by atoms with Crippen LogP contribution in [-0.4, -0.2) is 56.6 Å². The molecule has 1 amide bonds. The summed E-state index contributed by atoms with van der Waals surface area (Å²) < 4.78 is 65.5. The highest BCUT2D eigenvalue weighted by molar-refractivity contribution is 5.97. The van der Waals surface area contributed by atoms with E-state index in [4.69, 9.17) is 18.6 Å². The van der Waals surface area contributed by atoms with Crippen LogP contribution >= 0.6 is 0 Å². The van der Waals surface area contributed by atoms with Crippen LogP contribution in [0.1, 0.15) is 34.9 Å². The summed E-state index contributed by atoms with van der Waals surface area (Å²) in [6.07, 6.45) is -5.49. The highest BCUT2D eigenvalue weighted by Crippen LogP contribution is 2.37. The number of rotatable bonds is 8. The van der Waals surface area contributed by atoms with Gasteiger partial charge in [-0.15, -0.1) is 0 Å². The zero-order valence-electron chi connectivity index (χ0n) is 19.2. The van der Waals surface area contributed by atoms with Crippen LogP contribution in [0.2, 0.25) is 0 Å². The Bertz CT molecular complexity index is 1230. The molecule has 0 bridgehead atoms. The third-order valence-corrected chi connectivity index (χ3v) is 4.81. The molecular weight excluding hydrogens is 475 g/mol. The fourth-order valence-corrected chi connectivity index (χ4v) is 3.28. The maximum Gasteiger partial charge on any atom is 0.433 e. The summed E-state index contributed by atoms with van der Waals surface area (Å²) in [4.78, 5) is 32.4. The van der Waals surface area contributed by atoms with Gasteiger partial charge in [0.25, 0.3) is 0 Å². The molecular formula is C22H22F3N3O7. The highest BCUT2D eigenvalue weighted by Gasteiger charge is 2.34. The Morgan fingerprint density at radius 3 is 2.46 bits per heavy atom. The number of esters is 1. The van der Waals surface area contributed by atoms with Gasteiger partial charge in [0.05, 0.1) is 27.4 Å². The fourth-order valence-electron chi connectivity index (χ4n) is 3.28. The van der Waals surface area contributed by atoms with Crippen LogP contribution in [0.5, 0.6) is 5.75 Å². The zero-order chi connectivity index (χ0) is 25.8. The van der Waals surface area contributed by atoms with Gasteiger partial charge in [-0.2, -0.15) is 13.2 Å². The first-order valence-corrected chi connectivity index (χ1v) is 10.2. The summed E-state index contributed by atoms with van der Waals surface area (Å²) in [5.41, 5.74) is -1.21. The summed E-state index contributed by atoms with van der Waals surface area (Å²) in [6.45, 7) is 1.52. The maximum absolute atomic E-state index is 13.2. The van der Waals surface area contributed by atoms with Gasteiger partial charge in [-0.1, -0.05) is 0 Å². The number of carbonyl (C=O) groups is 2. The molecule has 0 unspecified atom stereocenters. The van der Waals surface area contributed by atoms with Crippen molar-refractivity contribution in [2.45, 2.75) is 19.1 Å². The Balaban J connectivity index is 2.22. The van der Waals surface area contributed by atoms with Crippen molar-refractivity contribution in [1.82, 2.24) is 15.3 Å². The minimum Gasteiger partial charge on any atom is -0.494 e. The third kappa shape index (κ3) is 5.45. The first kappa shape index (κ1) is 25.7. The van der Waals surface area contributed by atoms with Crippen molar-refractivity contribution in [2.75, 3.05) is 34.5 Å². The van der Waals surface area contributed by atoms with E-state index < -0.39 is 30.0 Å². The molecule has 188 valence electrons. The number of nitrogens with zero attached hydrogens (tertiary/aromatic N) is 2. The summed E-state index contributed by atoms with van der Waals surface area (Å²) in [7, 11) is 3.82. The number of benzene rings is 1. The van der Waals surface area contributed by atoms with Crippen molar-refractivity contribution in [3.63, 3.8) is 0 Å². The van der Waals surface area contributed by atoms with Crippen LogP contribution < -0.4 is 10.1 Å². The monoisotopic (exact) mass is 497 g/mol. The van der Waals surface area contributed by atoms with E-state index in [2.05, 4.69) is 20.0 Å². The molecule has 0 radical (unpaired) electrons. The molecule has 0 aliphatic carbocycles. The number of pyridine rings is 1. The SMILES string of the molecule is CCOC(=O)c1nc(-c2ccc(OC)c3nc(C(F)(F)F)ccc23)oc1[C@@H](COC)NC(=O)OC. The minimum absolute atomic E-state index is 0.0371. The van der Waals surface area contributed by atoms with Crippen molar-refractivity contribution in [1.29, 1.82) is 0 Å². The van der Waals surface area contributed by atoms with Crippen molar-refractivity contribution >= 4 is 23.0 Å². The molecule has 13 heteroatoms. The van der Waals surface area contributed by atoms with E-state index in [9.17, 15) is 22.8 Å². The van der Waals surface area contributed by atoms with Gasteiger partial charge in [-0.3, -0.25) is 0 Å². The second-order valence-corrected chi connectivity index (χ2v) is 7.00. The van der Waals surface area contributed by atoms with Crippen LogP contribution in [0.15, 0.2) is 28.7 Å². The predicted molar refractivity (Wildman–Crippen MR) is 115 cm³/mol. The number of carbonyl (C=O) groups excluding carboxylic acids is 2. The normalized spacial score (nSPS) is 12.3. The predicted octanol–water partition coefficient (Wildman–Crippen LogP) is 4.14. The smallest absolute Gasteiger partial charge is 0.433 e. The number of hydrogen-bond donors (Lipinski definition) is 1. The van der Waals surface area contributed by atoms with E-state index in [-0.39, 0.29) is 52.8 Å². The number of alkyl carbamates (subject to hydrolysis) is 1. The standard InChI is InChI=1S/C22H22F3N3O7/c1-5-34-20(29)17-18(13(10-31-2)26-21(30)33-4)35-19(28-17)12-6-8-14(32-3)16-11(12)7-9-15(27-16)22(23,24)25/h6-9,13H,5,10H2,1-4H3,(H,26,30)/t13-/m1/s1. The van der Waals surface area contributed by atoms with Crippen molar-refractivity contribution < 1.29 is 46.1 Å². The largest absolute Gasteiger partial charge is 0.494 e. The molecule has 0 fully saturated rings. The fraction of sp³-hybridized carbons (Fsp3) is 0.364. The average Bonchev–Trinajstić information content (AvgIpc) is 3.27. The molecule has 1 N–H and O–H groups in total. The first-order chi connectivity index (χ1) is 16.6. The number of ether oxygens (including phenoxy) is 4. The average molecular weight is 497 g/mol.